The third kappa shape index (κ3) is 3.10. The minimum Gasteiger partial charge on any atom is -0.392 e. The van der Waals surface area contributed by atoms with Crippen molar-refractivity contribution in [3.8, 4) is 0 Å². The van der Waals surface area contributed by atoms with Crippen LogP contribution >= 0.6 is 0 Å². The molecule has 0 atom stereocenters. The number of pyridine rings is 1. The predicted octanol–water partition coefficient (Wildman–Crippen LogP) is 2.12. The van der Waals surface area contributed by atoms with Gasteiger partial charge in [-0.15, -0.1) is 0 Å². The van der Waals surface area contributed by atoms with Crippen LogP contribution in [0.1, 0.15) is 11.1 Å². The van der Waals surface area contributed by atoms with E-state index in [2.05, 4.69) is 4.98 Å². The zero-order valence-corrected chi connectivity index (χ0v) is 11.1. The summed E-state index contributed by atoms with van der Waals surface area (Å²) in [5.41, 5.74) is 2.37. The van der Waals surface area contributed by atoms with Crippen molar-refractivity contribution in [2.45, 2.75) is 13.2 Å². The van der Waals surface area contributed by atoms with Gasteiger partial charge in [-0.05, 0) is 23.8 Å². The van der Waals surface area contributed by atoms with Gasteiger partial charge in [0.2, 0.25) is 0 Å². The molecule has 20 heavy (non-hydrogen) atoms. The molecule has 0 aliphatic carbocycles. The summed E-state index contributed by atoms with van der Waals surface area (Å²) in [6.07, 6.45) is 3.43. The van der Waals surface area contributed by atoms with Crippen LogP contribution < -0.4 is 4.90 Å². The van der Waals surface area contributed by atoms with Crippen LogP contribution in [0.5, 0.6) is 0 Å². The summed E-state index contributed by atoms with van der Waals surface area (Å²) >= 11 is 0. The molecule has 6 heteroatoms. The fourth-order valence-corrected chi connectivity index (χ4v) is 2.03. The second-order valence-corrected chi connectivity index (χ2v) is 4.44. The average Bonchev–Trinajstić information content (AvgIpc) is 2.47. The quantitative estimate of drug-likeness (QED) is 0.666. The Balaban J connectivity index is 2.25. The number of nitrogens with zero attached hydrogens (tertiary/aromatic N) is 3. The summed E-state index contributed by atoms with van der Waals surface area (Å²) in [4.78, 5) is 16.2. The number of hydrogen-bond donors (Lipinski definition) is 1. The van der Waals surface area contributed by atoms with E-state index >= 15 is 0 Å². The van der Waals surface area contributed by atoms with Crippen molar-refractivity contribution in [2.75, 3.05) is 11.9 Å². The van der Waals surface area contributed by atoms with Crippen LogP contribution in [0.25, 0.3) is 0 Å². The first-order chi connectivity index (χ1) is 9.61. The highest BCUT2D eigenvalue weighted by molar-refractivity contribution is 5.57. The normalized spacial score (nSPS) is 10.3. The molecule has 2 aromatic rings. The Hall–Kier alpha value is -2.47. The molecule has 6 nitrogen and oxygen atoms in total. The van der Waals surface area contributed by atoms with Crippen molar-refractivity contribution in [3.05, 3.63) is 64.0 Å². The van der Waals surface area contributed by atoms with Crippen molar-refractivity contribution in [3.63, 3.8) is 0 Å². The van der Waals surface area contributed by atoms with Crippen LogP contribution in [0.3, 0.4) is 0 Å². The van der Waals surface area contributed by atoms with Crippen molar-refractivity contribution >= 4 is 11.4 Å². The molecular formula is C14H15N3O3. The van der Waals surface area contributed by atoms with Gasteiger partial charge in [0.15, 0.2) is 0 Å². The predicted molar refractivity (Wildman–Crippen MR) is 75.4 cm³/mol. The Labute approximate surface area is 116 Å². The monoisotopic (exact) mass is 273 g/mol. The van der Waals surface area contributed by atoms with E-state index in [0.717, 1.165) is 11.3 Å². The SMILES string of the molecule is CN(Cc1ccncc1)c1ccc([N+](=O)[O-])cc1CO. The van der Waals surface area contributed by atoms with Crippen LogP contribution in [0.4, 0.5) is 11.4 Å². The molecule has 0 spiro atoms. The van der Waals surface area contributed by atoms with Gasteiger partial charge in [-0.1, -0.05) is 0 Å². The van der Waals surface area contributed by atoms with Crippen LogP contribution in [-0.4, -0.2) is 22.1 Å². The Morgan fingerprint density at radius 3 is 2.60 bits per heavy atom. The first-order valence-electron chi connectivity index (χ1n) is 6.10. The van der Waals surface area contributed by atoms with E-state index in [1.165, 1.54) is 12.1 Å². The van der Waals surface area contributed by atoms with E-state index in [4.69, 9.17) is 0 Å². The lowest BCUT2D eigenvalue weighted by molar-refractivity contribution is -0.384. The van der Waals surface area contributed by atoms with Gasteiger partial charge in [0.25, 0.3) is 5.69 Å². The standard InChI is InChI=1S/C14H15N3O3/c1-16(9-11-4-6-15-7-5-11)14-3-2-13(17(19)20)8-12(14)10-18/h2-8,18H,9-10H2,1H3. The van der Waals surface area contributed by atoms with Gasteiger partial charge in [-0.2, -0.15) is 0 Å². The molecule has 0 amide bonds. The number of nitro groups is 1. The zero-order valence-electron chi connectivity index (χ0n) is 11.1. The molecular weight excluding hydrogens is 258 g/mol. The lowest BCUT2D eigenvalue weighted by atomic mass is 10.1. The van der Waals surface area contributed by atoms with Crippen LogP contribution in [0.15, 0.2) is 42.7 Å². The van der Waals surface area contributed by atoms with Gasteiger partial charge in [0.1, 0.15) is 0 Å². The maximum Gasteiger partial charge on any atom is 0.269 e. The molecule has 0 saturated carbocycles. The topological polar surface area (TPSA) is 79.5 Å². The summed E-state index contributed by atoms with van der Waals surface area (Å²) in [5.74, 6) is 0. The van der Waals surface area contributed by atoms with Gasteiger partial charge < -0.3 is 10.0 Å². The second-order valence-electron chi connectivity index (χ2n) is 4.44. The molecule has 0 bridgehead atoms. The molecule has 0 radical (unpaired) electrons. The third-order valence-corrected chi connectivity index (χ3v) is 3.02. The lowest BCUT2D eigenvalue weighted by Gasteiger charge is -2.21. The minimum atomic E-state index is -0.466. The molecule has 1 aromatic heterocycles. The van der Waals surface area contributed by atoms with E-state index in [0.29, 0.717) is 12.1 Å². The Kier molecular flexibility index (Phi) is 4.27. The van der Waals surface area contributed by atoms with E-state index in [1.807, 2.05) is 24.1 Å². The molecule has 0 unspecified atom stereocenters. The van der Waals surface area contributed by atoms with E-state index in [9.17, 15) is 15.2 Å². The number of non-ortho nitro benzene ring substituents is 1. The van der Waals surface area contributed by atoms with Gasteiger partial charge in [0, 0.05) is 49.4 Å². The summed E-state index contributed by atoms with van der Waals surface area (Å²) in [7, 11) is 1.88. The molecule has 0 aliphatic rings. The smallest absolute Gasteiger partial charge is 0.269 e. The number of benzene rings is 1. The molecule has 1 N–H and O–H groups in total. The van der Waals surface area contributed by atoms with Crippen molar-refractivity contribution in [1.82, 2.24) is 4.98 Å². The van der Waals surface area contributed by atoms with Crippen molar-refractivity contribution in [1.29, 1.82) is 0 Å². The lowest BCUT2D eigenvalue weighted by Crippen LogP contribution is -2.18. The number of aliphatic hydroxyl groups excluding tert-OH is 1. The van der Waals surface area contributed by atoms with Gasteiger partial charge in [-0.3, -0.25) is 15.1 Å². The molecule has 0 saturated heterocycles. The molecule has 0 aliphatic heterocycles. The summed E-state index contributed by atoms with van der Waals surface area (Å²) in [6.45, 7) is 0.394. The zero-order chi connectivity index (χ0) is 14.5. The van der Waals surface area contributed by atoms with Gasteiger partial charge in [0.05, 0.1) is 11.5 Å². The summed E-state index contributed by atoms with van der Waals surface area (Å²) in [6, 6.07) is 8.31. The maximum atomic E-state index is 10.7. The molecule has 1 heterocycles. The molecule has 104 valence electrons. The fourth-order valence-electron chi connectivity index (χ4n) is 2.03. The maximum absolute atomic E-state index is 10.7. The molecule has 1 aromatic carbocycles. The van der Waals surface area contributed by atoms with Crippen molar-refractivity contribution in [2.24, 2.45) is 0 Å². The number of hydrogen-bond acceptors (Lipinski definition) is 5. The fraction of sp³-hybridized carbons (Fsp3) is 0.214. The summed E-state index contributed by atoms with van der Waals surface area (Å²) < 4.78 is 0. The largest absolute Gasteiger partial charge is 0.392 e. The third-order valence-electron chi connectivity index (χ3n) is 3.02. The van der Waals surface area contributed by atoms with Crippen LogP contribution in [-0.2, 0) is 13.2 Å². The molecule has 0 fully saturated rings. The summed E-state index contributed by atoms with van der Waals surface area (Å²) in [5, 5.41) is 20.1. The number of aromatic nitrogens is 1. The van der Waals surface area contributed by atoms with Crippen molar-refractivity contribution < 1.29 is 10.0 Å². The minimum absolute atomic E-state index is 0.0184. The van der Waals surface area contributed by atoms with E-state index in [-0.39, 0.29) is 12.3 Å². The van der Waals surface area contributed by atoms with Gasteiger partial charge >= 0.3 is 0 Å². The number of aliphatic hydroxyl groups is 1. The number of rotatable bonds is 5. The highest BCUT2D eigenvalue weighted by atomic mass is 16.6. The van der Waals surface area contributed by atoms with Crippen LogP contribution in [0.2, 0.25) is 0 Å². The average molecular weight is 273 g/mol. The Bertz CT molecular complexity index is 602. The van der Waals surface area contributed by atoms with Crippen LogP contribution in [0, 0.1) is 10.1 Å². The highest BCUT2D eigenvalue weighted by Gasteiger charge is 2.13. The second kappa shape index (κ2) is 6.12. The Morgan fingerprint density at radius 2 is 2.00 bits per heavy atom. The van der Waals surface area contributed by atoms with E-state index < -0.39 is 4.92 Å². The molecule has 2 rings (SSSR count). The number of nitro benzene ring substituents is 1. The first kappa shape index (κ1) is 14.0. The highest BCUT2D eigenvalue weighted by Crippen LogP contribution is 2.25. The number of anilines is 1. The Morgan fingerprint density at radius 1 is 1.30 bits per heavy atom. The first-order valence-corrected chi connectivity index (χ1v) is 6.10. The van der Waals surface area contributed by atoms with Gasteiger partial charge in [-0.25, -0.2) is 0 Å². The van der Waals surface area contributed by atoms with E-state index in [1.54, 1.807) is 18.5 Å².